The predicted molar refractivity (Wildman–Crippen MR) is 75.9 cm³/mol. The number of hydrogen-bond donors (Lipinski definition) is 2. The zero-order valence-corrected chi connectivity index (χ0v) is 11.4. The van der Waals surface area contributed by atoms with E-state index in [0.29, 0.717) is 23.6 Å². The summed E-state index contributed by atoms with van der Waals surface area (Å²) in [7, 11) is 1.75. The molecule has 0 spiro atoms. The molecule has 1 amide bonds. The maximum atomic E-state index is 12.0. The Kier molecular flexibility index (Phi) is 3.55. The van der Waals surface area contributed by atoms with Gasteiger partial charge in [0.2, 0.25) is 5.91 Å². The highest BCUT2D eigenvalue weighted by molar-refractivity contribution is 5.94. The topological polar surface area (TPSA) is 72.9 Å². The molecule has 2 aromatic rings. The molecule has 5 nitrogen and oxygen atoms in total. The van der Waals surface area contributed by atoms with Crippen LogP contribution in [0.3, 0.4) is 0 Å². The van der Waals surface area contributed by atoms with E-state index in [1.807, 2.05) is 38.1 Å². The Hall–Kier alpha value is -2.30. The standard InChI is InChI=1S/C14H18N4O/c1-9-4-6-11(7-5-9)8-12(19)16-14-13(15)10(2)17-18(14)3/h4-7H,8,15H2,1-3H3,(H,16,19). The Morgan fingerprint density at radius 3 is 2.47 bits per heavy atom. The van der Waals surface area contributed by atoms with E-state index in [1.165, 1.54) is 5.56 Å². The first kappa shape index (κ1) is 13.1. The highest BCUT2D eigenvalue weighted by Gasteiger charge is 2.13. The van der Waals surface area contributed by atoms with E-state index >= 15 is 0 Å². The van der Waals surface area contributed by atoms with E-state index in [2.05, 4.69) is 10.4 Å². The number of anilines is 2. The van der Waals surface area contributed by atoms with Crippen molar-refractivity contribution in [1.82, 2.24) is 9.78 Å². The SMILES string of the molecule is Cc1ccc(CC(=O)Nc2c(N)c(C)nn2C)cc1. The van der Waals surface area contributed by atoms with Crippen LogP contribution in [0.5, 0.6) is 0 Å². The fourth-order valence-electron chi connectivity index (χ4n) is 1.89. The molecule has 19 heavy (non-hydrogen) atoms. The van der Waals surface area contributed by atoms with Gasteiger partial charge in [0.15, 0.2) is 5.82 Å². The second-order valence-electron chi connectivity index (χ2n) is 4.68. The third kappa shape index (κ3) is 2.93. The van der Waals surface area contributed by atoms with Crippen LogP contribution in [-0.4, -0.2) is 15.7 Å². The lowest BCUT2D eigenvalue weighted by atomic mass is 10.1. The van der Waals surface area contributed by atoms with Crippen molar-refractivity contribution in [3.63, 3.8) is 0 Å². The molecule has 2 rings (SSSR count). The molecule has 1 heterocycles. The van der Waals surface area contributed by atoms with Crippen molar-refractivity contribution in [3.8, 4) is 0 Å². The molecule has 5 heteroatoms. The van der Waals surface area contributed by atoms with Gasteiger partial charge in [-0.2, -0.15) is 5.10 Å². The lowest BCUT2D eigenvalue weighted by Crippen LogP contribution is -2.17. The Labute approximate surface area is 112 Å². The number of rotatable bonds is 3. The van der Waals surface area contributed by atoms with Gasteiger partial charge in [0.25, 0.3) is 0 Å². The Morgan fingerprint density at radius 1 is 1.32 bits per heavy atom. The van der Waals surface area contributed by atoms with Crippen molar-refractivity contribution < 1.29 is 4.79 Å². The van der Waals surface area contributed by atoms with Gasteiger partial charge < -0.3 is 11.1 Å². The Bertz CT molecular complexity index is 599. The van der Waals surface area contributed by atoms with Crippen LogP contribution in [0.4, 0.5) is 11.5 Å². The van der Waals surface area contributed by atoms with Crippen LogP contribution in [-0.2, 0) is 18.3 Å². The maximum absolute atomic E-state index is 12.0. The van der Waals surface area contributed by atoms with Crippen molar-refractivity contribution in [3.05, 3.63) is 41.1 Å². The van der Waals surface area contributed by atoms with Gasteiger partial charge in [0.1, 0.15) is 0 Å². The number of nitrogens with one attached hydrogen (secondary N) is 1. The van der Waals surface area contributed by atoms with Gasteiger partial charge in [-0.3, -0.25) is 9.48 Å². The number of aromatic nitrogens is 2. The Morgan fingerprint density at radius 2 is 1.95 bits per heavy atom. The van der Waals surface area contributed by atoms with E-state index in [4.69, 9.17) is 5.73 Å². The molecule has 0 aliphatic carbocycles. The maximum Gasteiger partial charge on any atom is 0.229 e. The number of hydrogen-bond acceptors (Lipinski definition) is 3. The lowest BCUT2D eigenvalue weighted by molar-refractivity contribution is -0.115. The molecular weight excluding hydrogens is 240 g/mol. The molecule has 0 aliphatic rings. The van der Waals surface area contributed by atoms with Crippen LogP contribution in [0.15, 0.2) is 24.3 Å². The molecule has 0 atom stereocenters. The van der Waals surface area contributed by atoms with E-state index in [0.717, 1.165) is 5.56 Å². The van der Waals surface area contributed by atoms with Gasteiger partial charge in [-0.15, -0.1) is 0 Å². The third-order valence-electron chi connectivity index (χ3n) is 3.01. The number of carbonyl (C=O) groups excluding carboxylic acids is 1. The summed E-state index contributed by atoms with van der Waals surface area (Å²) in [6.45, 7) is 3.83. The van der Waals surface area contributed by atoms with Gasteiger partial charge in [0, 0.05) is 7.05 Å². The molecular formula is C14H18N4O. The first-order valence-corrected chi connectivity index (χ1v) is 6.12. The summed E-state index contributed by atoms with van der Waals surface area (Å²) in [5, 5.41) is 6.96. The molecule has 1 aromatic carbocycles. The molecule has 100 valence electrons. The average Bonchev–Trinajstić information content (AvgIpc) is 2.59. The molecule has 0 bridgehead atoms. The summed E-state index contributed by atoms with van der Waals surface area (Å²) in [4.78, 5) is 12.0. The van der Waals surface area contributed by atoms with E-state index in [9.17, 15) is 4.79 Å². The summed E-state index contributed by atoms with van der Waals surface area (Å²) in [6, 6.07) is 7.88. The normalized spacial score (nSPS) is 10.5. The van der Waals surface area contributed by atoms with Crippen LogP contribution >= 0.6 is 0 Å². The fourth-order valence-corrected chi connectivity index (χ4v) is 1.89. The van der Waals surface area contributed by atoms with Crippen LogP contribution in [0, 0.1) is 13.8 Å². The molecule has 0 radical (unpaired) electrons. The highest BCUT2D eigenvalue weighted by Crippen LogP contribution is 2.21. The zero-order chi connectivity index (χ0) is 14.0. The van der Waals surface area contributed by atoms with Crippen molar-refractivity contribution in [2.24, 2.45) is 7.05 Å². The monoisotopic (exact) mass is 258 g/mol. The predicted octanol–water partition coefficient (Wildman–Crippen LogP) is 1.80. The van der Waals surface area contributed by atoms with Crippen molar-refractivity contribution in [1.29, 1.82) is 0 Å². The van der Waals surface area contributed by atoms with E-state index in [-0.39, 0.29) is 5.91 Å². The minimum Gasteiger partial charge on any atom is -0.394 e. The summed E-state index contributed by atoms with van der Waals surface area (Å²) in [5.41, 5.74) is 9.25. The summed E-state index contributed by atoms with van der Waals surface area (Å²) < 4.78 is 1.58. The molecule has 1 aromatic heterocycles. The summed E-state index contributed by atoms with van der Waals surface area (Å²) >= 11 is 0. The van der Waals surface area contributed by atoms with E-state index < -0.39 is 0 Å². The van der Waals surface area contributed by atoms with Crippen molar-refractivity contribution in [2.75, 3.05) is 11.1 Å². The molecule has 0 saturated carbocycles. The highest BCUT2D eigenvalue weighted by atomic mass is 16.1. The minimum atomic E-state index is -0.0986. The summed E-state index contributed by atoms with van der Waals surface area (Å²) in [6.07, 6.45) is 0.323. The second kappa shape index (κ2) is 5.14. The fraction of sp³-hybridized carbons (Fsp3) is 0.286. The number of nitrogen functional groups attached to an aromatic ring is 1. The number of amides is 1. The molecule has 0 saturated heterocycles. The van der Waals surface area contributed by atoms with E-state index in [1.54, 1.807) is 11.7 Å². The molecule has 0 unspecified atom stereocenters. The first-order valence-electron chi connectivity index (χ1n) is 6.12. The second-order valence-corrected chi connectivity index (χ2v) is 4.68. The number of nitrogens with zero attached hydrogens (tertiary/aromatic N) is 2. The molecule has 3 N–H and O–H groups in total. The van der Waals surface area contributed by atoms with Crippen LogP contribution in [0.2, 0.25) is 0 Å². The smallest absolute Gasteiger partial charge is 0.229 e. The van der Waals surface area contributed by atoms with Crippen molar-refractivity contribution >= 4 is 17.4 Å². The molecule has 0 aliphatic heterocycles. The lowest BCUT2D eigenvalue weighted by Gasteiger charge is -2.07. The zero-order valence-electron chi connectivity index (χ0n) is 11.4. The number of aryl methyl sites for hydroxylation is 3. The van der Waals surface area contributed by atoms with Crippen molar-refractivity contribution in [2.45, 2.75) is 20.3 Å². The van der Waals surface area contributed by atoms with Gasteiger partial charge in [-0.05, 0) is 19.4 Å². The minimum absolute atomic E-state index is 0.0986. The van der Waals surface area contributed by atoms with Gasteiger partial charge in [0.05, 0.1) is 17.8 Å². The van der Waals surface area contributed by atoms with Crippen LogP contribution in [0.1, 0.15) is 16.8 Å². The van der Waals surface area contributed by atoms with Gasteiger partial charge in [-0.1, -0.05) is 29.8 Å². The number of carbonyl (C=O) groups is 1. The van der Waals surface area contributed by atoms with Gasteiger partial charge in [-0.25, -0.2) is 0 Å². The largest absolute Gasteiger partial charge is 0.394 e. The third-order valence-corrected chi connectivity index (χ3v) is 3.01. The Balaban J connectivity index is 2.07. The average molecular weight is 258 g/mol. The van der Waals surface area contributed by atoms with Gasteiger partial charge >= 0.3 is 0 Å². The number of nitrogens with two attached hydrogens (primary N) is 1. The van der Waals surface area contributed by atoms with Crippen LogP contribution < -0.4 is 11.1 Å². The quantitative estimate of drug-likeness (QED) is 0.881. The first-order chi connectivity index (χ1) is 8.97. The molecule has 0 fully saturated rings. The van der Waals surface area contributed by atoms with Crippen LogP contribution in [0.25, 0.3) is 0 Å². The number of benzene rings is 1. The summed E-state index contributed by atoms with van der Waals surface area (Å²) in [5.74, 6) is 0.452.